The first-order chi connectivity index (χ1) is 10.7. The maximum absolute atomic E-state index is 5.38. The molecule has 22 heavy (non-hydrogen) atoms. The van der Waals surface area contributed by atoms with Crippen molar-refractivity contribution in [2.24, 2.45) is 0 Å². The van der Waals surface area contributed by atoms with Crippen LogP contribution in [0.2, 0.25) is 0 Å². The highest BCUT2D eigenvalue weighted by molar-refractivity contribution is 7.80. The van der Waals surface area contributed by atoms with Crippen molar-refractivity contribution >= 4 is 34.8 Å². The standard InChI is InChI=1S/C16H32N2O2S2/c1-3-5-13-19-15(21)17-11-9-7-8-10-12-18-16(22)20-14-6-4-2/h3-14H2,1-2H3,(H,17,21)(H,18,22). The zero-order chi connectivity index (χ0) is 16.5. The molecule has 0 aliphatic rings. The fourth-order valence-electron chi connectivity index (χ4n) is 1.70. The third-order valence-corrected chi connectivity index (χ3v) is 3.63. The normalized spacial score (nSPS) is 10.1. The summed E-state index contributed by atoms with van der Waals surface area (Å²) in [5.74, 6) is 0. The Bertz CT molecular complexity index is 261. The number of rotatable bonds is 13. The average Bonchev–Trinajstić information content (AvgIpc) is 2.50. The van der Waals surface area contributed by atoms with E-state index in [9.17, 15) is 0 Å². The molecule has 0 aromatic rings. The quantitative estimate of drug-likeness (QED) is 0.388. The van der Waals surface area contributed by atoms with Gasteiger partial charge in [-0.1, -0.05) is 39.5 Å². The Kier molecular flexibility index (Phi) is 16.3. The molecule has 4 nitrogen and oxygen atoms in total. The van der Waals surface area contributed by atoms with Crippen molar-refractivity contribution in [2.45, 2.75) is 65.2 Å². The van der Waals surface area contributed by atoms with Gasteiger partial charge in [0.25, 0.3) is 10.3 Å². The van der Waals surface area contributed by atoms with Crippen molar-refractivity contribution in [1.29, 1.82) is 0 Å². The van der Waals surface area contributed by atoms with Crippen LogP contribution in [0.3, 0.4) is 0 Å². The van der Waals surface area contributed by atoms with Crippen LogP contribution in [0.4, 0.5) is 0 Å². The van der Waals surface area contributed by atoms with Gasteiger partial charge in [-0.25, -0.2) is 0 Å². The monoisotopic (exact) mass is 348 g/mol. The van der Waals surface area contributed by atoms with Gasteiger partial charge in [0.1, 0.15) is 0 Å². The minimum Gasteiger partial charge on any atom is -0.471 e. The van der Waals surface area contributed by atoms with Crippen LogP contribution in [0.25, 0.3) is 0 Å². The second-order valence-electron chi connectivity index (χ2n) is 5.25. The smallest absolute Gasteiger partial charge is 0.256 e. The summed E-state index contributed by atoms with van der Waals surface area (Å²) in [5, 5.41) is 7.33. The fourth-order valence-corrected chi connectivity index (χ4v) is 2.08. The van der Waals surface area contributed by atoms with E-state index in [1.165, 1.54) is 12.8 Å². The van der Waals surface area contributed by atoms with E-state index in [1.807, 2.05) is 0 Å². The number of unbranched alkanes of at least 4 members (excludes halogenated alkanes) is 5. The Balaban J connectivity index is 3.23. The summed E-state index contributed by atoms with van der Waals surface area (Å²) in [6.07, 6.45) is 8.93. The van der Waals surface area contributed by atoms with Crippen LogP contribution in [-0.2, 0) is 9.47 Å². The Labute approximate surface area is 146 Å². The summed E-state index contributed by atoms with van der Waals surface area (Å²) in [6, 6.07) is 0. The van der Waals surface area contributed by atoms with E-state index in [0.717, 1.165) is 51.6 Å². The van der Waals surface area contributed by atoms with E-state index in [2.05, 4.69) is 24.5 Å². The highest BCUT2D eigenvalue weighted by atomic mass is 32.1. The summed E-state index contributed by atoms with van der Waals surface area (Å²) < 4.78 is 10.8. The molecule has 0 saturated carbocycles. The average molecular weight is 349 g/mol. The first-order valence-electron chi connectivity index (χ1n) is 8.52. The van der Waals surface area contributed by atoms with Gasteiger partial charge in [-0.05, 0) is 50.1 Å². The molecule has 0 bridgehead atoms. The van der Waals surface area contributed by atoms with Crippen molar-refractivity contribution in [3.8, 4) is 0 Å². The number of nitrogens with one attached hydrogen (secondary N) is 2. The molecule has 0 amide bonds. The Morgan fingerprint density at radius 1 is 0.682 bits per heavy atom. The predicted molar refractivity (Wildman–Crippen MR) is 101 cm³/mol. The van der Waals surface area contributed by atoms with Crippen LogP contribution in [0, 0.1) is 0 Å². The van der Waals surface area contributed by atoms with Gasteiger partial charge < -0.3 is 20.1 Å². The van der Waals surface area contributed by atoms with E-state index in [0.29, 0.717) is 23.6 Å². The Morgan fingerprint density at radius 3 is 1.45 bits per heavy atom. The van der Waals surface area contributed by atoms with Gasteiger partial charge in [0.15, 0.2) is 0 Å². The number of hydrogen-bond acceptors (Lipinski definition) is 4. The molecular formula is C16H32N2O2S2. The Morgan fingerprint density at radius 2 is 1.09 bits per heavy atom. The number of thiocarbonyl (C=S) groups is 2. The lowest BCUT2D eigenvalue weighted by atomic mass is 10.2. The van der Waals surface area contributed by atoms with Crippen LogP contribution in [-0.4, -0.2) is 36.7 Å². The molecule has 0 aromatic carbocycles. The SMILES string of the molecule is CCCCOC(=S)NCCCCCCNC(=S)OCCCC. The van der Waals surface area contributed by atoms with Crippen molar-refractivity contribution in [1.82, 2.24) is 10.6 Å². The van der Waals surface area contributed by atoms with Crippen LogP contribution in [0.5, 0.6) is 0 Å². The topological polar surface area (TPSA) is 42.5 Å². The predicted octanol–water partition coefficient (Wildman–Crippen LogP) is 3.93. The molecule has 0 radical (unpaired) electrons. The molecule has 0 spiro atoms. The Hall–Kier alpha value is -0.620. The fraction of sp³-hybridized carbons (Fsp3) is 0.875. The molecule has 0 aliphatic carbocycles. The zero-order valence-electron chi connectivity index (χ0n) is 14.1. The van der Waals surface area contributed by atoms with Crippen molar-refractivity contribution < 1.29 is 9.47 Å². The summed E-state index contributed by atoms with van der Waals surface area (Å²) >= 11 is 10.2. The second kappa shape index (κ2) is 16.7. The van der Waals surface area contributed by atoms with Gasteiger partial charge in [0.05, 0.1) is 13.2 Å². The lowest BCUT2D eigenvalue weighted by Gasteiger charge is -2.10. The molecule has 0 fully saturated rings. The van der Waals surface area contributed by atoms with Crippen LogP contribution in [0.1, 0.15) is 65.2 Å². The molecular weight excluding hydrogens is 316 g/mol. The van der Waals surface area contributed by atoms with Crippen molar-refractivity contribution in [2.75, 3.05) is 26.3 Å². The van der Waals surface area contributed by atoms with E-state index >= 15 is 0 Å². The number of ether oxygens (including phenoxy) is 2. The van der Waals surface area contributed by atoms with Crippen molar-refractivity contribution in [3.63, 3.8) is 0 Å². The molecule has 0 rings (SSSR count). The molecule has 6 heteroatoms. The third-order valence-electron chi connectivity index (χ3n) is 3.10. The first kappa shape index (κ1) is 21.4. The molecule has 130 valence electrons. The summed E-state index contributed by atoms with van der Waals surface area (Å²) in [4.78, 5) is 0. The van der Waals surface area contributed by atoms with E-state index in [-0.39, 0.29) is 0 Å². The van der Waals surface area contributed by atoms with Crippen molar-refractivity contribution in [3.05, 3.63) is 0 Å². The van der Waals surface area contributed by atoms with Crippen LogP contribution < -0.4 is 10.6 Å². The molecule has 0 unspecified atom stereocenters. The largest absolute Gasteiger partial charge is 0.471 e. The highest BCUT2D eigenvalue weighted by Crippen LogP contribution is 1.98. The van der Waals surface area contributed by atoms with E-state index in [4.69, 9.17) is 33.9 Å². The minimum atomic E-state index is 0.532. The van der Waals surface area contributed by atoms with Gasteiger partial charge in [-0.3, -0.25) is 0 Å². The summed E-state index contributed by atoms with van der Waals surface area (Å²) in [7, 11) is 0. The highest BCUT2D eigenvalue weighted by Gasteiger charge is 1.98. The van der Waals surface area contributed by atoms with Gasteiger partial charge in [-0.15, -0.1) is 0 Å². The molecule has 0 aliphatic heterocycles. The van der Waals surface area contributed by atoms with E-state index < -0.39 is 0 Å². The second-order valence-corrected chi connectivity index (χ2v) is 5.99. The third kappa shape index (κ3) is 15.8. The molecule has 0 saturated heterocycles. The summed E-state index contributed by atoms with van der Waals surface area (Å²) in [6.45, 7) is 7.48. The van der Waals surface area contributed by atoms with Crippen LogP contribution in [0.15, 0.2) is 0 Å². The molecule has 0 aromatic heterocycles. The molecule has 0 atom stereocenters. The van der Waals surface area contributed by atoms with Gasteiger partial charge in [0, 0.05) is 13.1 Å². The minimum absolute atomic E-state index is 0.532. The first-order valence-corrected chi connectivity index (χ1v) is 9.33. The molecule has 0 heterocycles. The number of hydrogen-bond donors (Lipinski definition) is 2. The van der Waals surface area contributed by atoms with Gasteiger partial charge in [-0.2, -0.15) is 0 Å². The maximum atomic E-state index is 5.38. The lowest BCUT2D eigenvalue weighted by Crippen LogP contribution is -2.26. The lowest BCUT2D eigenvalue weighted by molar-refractivity contribution is 0.290. The molecule has 2 N–H and O–H groups in total. The maximum Gasteiger partial charge on any atom is 0.256 e. The summed E-state index contributed by atoms with van der Waals surface area (Å²) in [5.41, 5.74) is 0. The van der Waals surface area contributed by atoms with Gasteiger partial charge >= 0.3 is 0 Å². The van der Waals surface area contributed by atoms with E-state index in [1.54, 1.807) is 0 Å². The van der Waals surface area contributed by atoms with Crippen LogP contribution >= 0.6 is 24.4 Å². The zero-order valence-corrected chi connectivity index (χ0v) is 15.8. The van der Waals surface area contributed by atoms with Gasteiger partial charge in [0.2, 0.25) is 0 Å².